The molecule has 1 aromatic rings. The standard InChI is InChI=1S/C5H6N2O2.C5H8N2O/c8-5(9)7-3-1-2-6-4-7;1-2-8-5-3-4-6-7-5/h1-3H,4H2,(H,8,9);3-4H,2H2,1H3,(H,6,7). The second kappa shape index (κ2) is 7.04. The van der Waals surface area contributed by atoms with Gasteiger partial charge in [-0.15, -0.1) is 5.10 Å². The average Bonchev–Trinajstić information content (AvgIpc) is 2.84. The monoisotopic (exact) mass is 238 g/mol. The van der Waals surface area contributed by atoms with Crippen LogP contribution in [-0.2, 0) is 0 Å². The molecule has 0 bridgehead atoms. The van der Waals surface area contributed by atoms with Crippen molar-refractivity contribution in [3.8, 4) is 5.88 Å². The number of amides is 1. The van der Waals surface area contributed by atoms with E-state index in [0.717, 1.165) is 4.90 Å². The van der Waals surface area contributed by atoms with Crippen molar-refractivity contribution in [3.05, 3.63) is 24.5 Å². The number of hydrogen-bond donors (Lipinski definition) is 2. The zero-order valence-electron chi connectivity index (χ0n) is 9.41. The Bertz CT molecular complexity index is 386. The fraction of sp³-hybridized carbons (Fsp3) is 0.300. The number of aromatic amines is 1. The van der Waals surface area contributed by atoms with E-state index in [4.69, 9.17) is 9.84 Å². The number of nitrogens with zero attached hydrogens (tertiary/aromatic N) is 3. The number of carboxylic acid groups (broad SMARTS) is 1. The van der Waals surface area contributed by atoms with Crippen molar-refractivity contribution < 1.29 is 14.6 Å². The van der Waals surface area contributed by atoms with E-state index in [1.165, 1.54) is 6.20 Å². The lowest BCUT2D eigenvalue weighted by atomic mass is 10.5. The van der Waals surface area contributed by atoms with Gasteiger partial charge < -0.3 is 9.84 Å². The summed E-state index contributed by atoms with van der Waals surface area (Å²) < 4.78 is 5.00. The van der Waals surface area contributed by atoms with E-state index in [2.05, 4.69) is 15.2 Å². The first-order valence-corrected chi connectivity index (χ1v) is 5.02. The Morgan fingerprint density at radius 2 is 2.53 bits per heavy atom. The lowest BCUT2D eigenvalue weighted by molar-refractivity contribution is 0.164. The molecule has 7 nitrogen and oxygen atoms in total. The smallest absolute Gasteiger partial charge is 0.412 e. The van der Waals surface area contributed by atoms with Crippen LogP contribution < -0.4 is 4.74 Å². The van der Waals surface area contributed by atoms with Crippen molar-refractivity contribution in [2.45, 2.75) is 6.92 Å². The summed E-state index contributed by atoms with van der Waals surface area (Å²) in [5.41, 5.74) is 0. The predicted octanol–water partition coefficient (Wildman–Crippen LogP) is 1.33. The minimum atomic E-state index is -0.969. The molecule has 2 N–H and O–H groups in total. The highest BCUT2D eigenvalue weighted by Crippen LogP contribution is 2.00. The van der Waals surface area contributed by atoms with E-state index < -0.39 is 6.09 Å². The SMILES string of the molecule is CCOc1cc[nH]n1.O=C(O)N1C=CC=NC1. The molecule has 2 heterocycles. The number of hydrogen-bond acceptors (Lipinski definition) is 4. The number of aliphatic imine (C=N–C) groups is 1. The third kappa shape index (κ3) is 4.83. The summed E-state index contributed by atoms with van der Waals surface area (Å²) >= 11 is 0. The van der Waals surface area contributed by atoms with Crippen molar-refractivity contribution in [1.29, 1.82) is 0 Å². The molecule has 2 rings (SSSR count). The third-order valence-electron chi connectivity index (χ3n) is 1.70. The minimum Gasteiger partial charge on any atom is -0.477 e. The predicted molar refractivity (Wildman–Crippen MR) is 62.1 cm³/mol. The zero-order chi connectivity index (χ0) is 12.5. The third-order valence-corrected chi connectivity index (χ3v) is 1.70. The molecule has 7 heteroatoms. The summed E-state index contributed by atoms with van der Waals surface area (Å²) in [7, 11) is 0. The first-order valence-electron chi connectivity index (χ1n) is 5.02. The number of H-pyrrole nitrogens is 1. The highest BCUT2D eigenvalue weighted by atomic mass is 16.5. The van der Waals surface area contributed by atoms with E-state index in [9.17, 15) is 4.79 Å². The van der Waals surface area contributed by atoms with E-state index in [0.29, 0.717) is 12.5 Å². The Morgan fingerprint density at radius 1 is 1.71 bits per heavy atom. The molecule has 1 aliphatic heterocycles. The molecular weight excluding hydrogens is 224 g/mol. The highest BCUT2D eigenvalue weighted by Gasteiger charge is 2.06. The van der Waals surface area contributed by atoms with Gasteiger partial charge in [0.05, 0.1) is 6.61 Å². The molecule has 17 heavy (non-hydrogen) atoms. The summed E-state index contributed by atoms with van der Waals surface area (Å²) in [6, 6.07) is 1.78. The zero-order valence-corrected chi connectivity index (χ0v) is 9.41. The van der Waals surface area contributed by atoms with Crippen LogP contribution in [0.4, 0.5) is 4.79 Å². The first kappa shape index (κ1) is 12.8. The van der Waals surface area contributed by atoms with Gasteiger partial charge in [0.25, 0.3) is 0 Å². The van der Waals surface area contributed by atoms with Crippen molar-refractivity contribution in [3.63, 3.8) is 0 Å². The molecule has 0 radical (unpaired) electrons. The van der Waals surface area contributed by atoms with Crippen LogP contribution in [0.5, 0.6) is 5.88 Å². The summed E-state index contributed by atoms with van der Waals surface area (Å²) in [4.78, 5) is 15.0. The van der Waals surface area contributed by atoms with E-state index in [1.54, 1.807) is 24.6 Å². The van der Waals surface area contributed by atoms with Crippen LogP contribution >= 0.6 is 0 Å². The van der Waals surface area contributed by atoms with Gasteiger partial charge in [0.2, 0.25) is 5.88 Å². The lowest BCUT2D eigenvalue weighted by Gasteiger charge is -2.12. The highest BCUT2D eigenvalue weighted by molar-refractivity contribution is 5.75. The topological polar surface area (TPSA) is 90.8 Å². The second-order valence-corrected chi connectivity index (χ2v) is 2.91. The average molecular weight is 238 g/mol. The Morgan fingerprint density at radius 3 is 2.94 bits per heavy atom. The van der Waals surface area contributed by atoms with Gasteiger partial charge in [0.1, 0.15) is 6.67 Å². The number of rotatable bonds is 2. The molecular formula is C10H14N4O3. The van der Waals surface area contributed by atoms with E-state index in [-0.39, 0.29) is 6.67 Å². The van der Waals surface area contributed by atoms with Gasteiger partial charge in [0.15, 0.2) is 0 Å². The fourth-order valence-electron chi connectivity index (χ4n) is 0.985. The van der Waals surface area contributed by atoms with Crippen LogP contribution in [0.1, 0.15) is 6.92 Å². The largest absolute Gasteiger partial charge is 0.477 e. The molecule has 0 saturated carbocycles. The first-order chi connectivity index (χ1) is 8.24. The molecule has 0 aromatic carbocycles. The molecule has 0 spiro atoms. The molecule has 0 unspecified atom stereocenters. The van der Waals surface area contributed by atoms with Crippen LogP contribution in [0, 0.1) is 0 Å². The van der Waals surface area contributed by atoms with Crippen LogP contribution in [0.2, 0.25) is 0 Å². The summed E-state index contributed by atoms with van der Waals surface area (Å²) in [5.74, 6) is 0.660. The second-order valence-electron chi connectivity index (χ2n) is 2.91. The van der Waals surface area contributed by atoms with Gasteiger partial charge in [0, 0.05) is 24.7 Å². The van der Waals surface area contributed by atoms with E-state index in [1.807, 2.05) is 6.92 Å². The van der Waals surface area contributed by atoms with Crippen LogP contribution in [0.25, 0.3) is 0 Å². The number of allylic oxidation sites excluding steroid dienone is 1. The maximum atomic E-state index is 10.2. The van der Waals surface area contributed by atoms with Gasteiger partial charge >= 0.3 is 6.09 Å². The Balaban J connectivity index is 0.000000171. The summed E-state index contributed by atoms with van der Waals surface area (Å²) in [5, 5.41) is 14.7. The number of ether oxygens (including phenoxy) is 1. The Hall–Kier alpha value is -2.31. The molecule has 0 fully saturated rings. The van der Waals surface area contributed by atoms with Gasteiger partial charge in [-0.05, 0) is 13.0 Å². The molecule has 92 valence electrons. The Kier molecular flexibility index (Phi) is 5.29. The summed E-state index contributed by atoms with van der Waals surface area (Å²) in [6.07, 6.45) is 5.38. The van der Waals surface area contributed by atoms with Gasteiger partial charge in [-0.2, -0.15) is 0 Å². The number of aromatic nitrogens is 2. The van der Waals surface area contributed by atoms with Crippen LogP contribution in [0.3, 0.4) is 0 Å². The van der Waals surface area contributed by atoms with Crippen LogP contribution in [0.15, 0.2) is 29.5 Å². The van der Waals surface area contributed by atoms with Crippen LogP contribution in [-0.4, -0.2) is 45.8 Å². The molecule has 1 amide bonds. The van der Waals surface area contributed by atoms with Gasteiger partial charge in [-0.25, -0.2) is 4.79 Å². The molecule has 1 aromatic heterocycles. The van der Waals surface area contributed by atoms with Gasteiger partial charge in [-0.1, -0.05) is 0 Å². The van der Waals surface area contributed by atoms with Gasteiger partial charge in [-0.3, -0.25) is 15.0 Å². The fourth-order valence-corrected chi connectivity index (χ4v) is 0.985. The maximum absolute atomic E-state index is 10.2. The number of nitrogens with one attached hydrogen (secondary N) is 1. The minimum absolute atomic E-state index is 0.214. The van der Waals surface area contributed by atoms with Crippen molar-refractivity contribution in [1.82, 2.24) is 15.1 Å². The molecule has 0 atom stereocenters. The van der Waals surface area contributed by atoms with Crippen molar-refractivity contribution >= 4 is 12.3 Å². The maximum Gasteiger partial charge on any atom is 0.412 e. The van der Waals surface area contributed by atoms with Crippen molar-refractivity contribution in [2.24, 2.45) is 4.99 Å². The number of carbonyl (C=O) groups is 1. The quantitative estimate of drug-likeness (QED) is 0.813. The van der Waals surface area contributed by atoms with E-state index >= 15 is 0 Å². The Labute approximate surface area is 98.4 Å². The van der Waals surface area contributed by atoms with Crippen molar-refractivity contribution in [2.75, 3.05) is 13.3 Å². The summed E-state index contributed by atoms with van der Waals surface area (Å²) in [6.45, 7) is 2.81. The lowest BCUT2D eigenvalue weighted by Crippen LogP contribution is -2.25. The molecule has 0 aliphatic carbocycles. The molecule has 1 aliphatic rings. The normalized spacial score (nSPS) is 12.9. The molecule has 0 saturated heterocycles.